The van der Waals surface area contributed by atoms with Gasteiger partial charge in [-0.05, 0) is 70.6 Å². The van der Waals surface area contributed by atoms with E-state index in [0.717, 1.165) is 83.5 Å². The lowest BCUT2D eigenvalue weighted by atomic mass is 9.85. The minimum absolute atomic E-state index is 0.0792. The number of esters is 2. The van der Waals surface area contributed by atoms with Crippen LogP contribution in [0.1, 0.15) is 181 Å². The van der Waals surface area contributed by atoms with Gasteiger partial charge in [-0.2, -0.15) is 0 Å². The molecule has 14 heteroatoms. The van der Waals surface area contributed by atoms with Crippen molar-refractivity contribution in [3.63, 3.8) is 0 Å². The molecule has 0 aromatic rings. The van der Waals surface area contributed by atoms with E-state index in [4.69, 9.17) is 18.5 Å². The molecule has 0 heterocycles. The minimum atomic E-state index is -5.12. The van der Waals surface area contributed by atoms with Crippen LogP contribution < -0.4 is 0 Å². The summed E-state index contributed by atoms with van der Waals surface area (Å²) in [6.45, 7) is 3.25. The SMILES string of the molecule is CCCCCC/C=C\C/C=C\CCCCCCCC(=O)OC(COC(=O)CCCCCCC/C=C\CCCCCCC)COP(=O)(O)OC1C(O)C(O)C(O)C(O)C1O. The number of carbonyl (C=O) groups is 2. The molecule has 1 fully saturated rings. The summed E-state index contributed by atoms with van der Waals surface area (Å²) in [6, 6.07) is 0. The summed E-state index contributed by atoms with van der Waals surface area (Å²) in [5.41, 5.74) is 0. The summed E-state index contributed by atoms with van der Waals surface area (Å²) in [7, 11) is -5.12. The molecule has 6 N–H and O–H groups in total. The molecular formula is C45H81O13P. The number of rotatable bonds is 37. The van der Waals surface area contributed by atoms with E-state index in [1.807, 2.05) is 0 Å². The number of ether oxygens (including phenoxy) is 2. The molecule has 6 unspecified atom stereocenters. The Morgan fingerprint density at radius 3 is 1.41 bits per heavy atom. The first-order valence-electron chi connectivity index (χ1n) is 22.8. The molecule has 1 rings (SSSR count). The largest absolute Gasteiger partial charge is 0.472 e. The fourth-order valence-electron chi connectivity index (χ4n) is 6.72. The van der Waals surface area contributed by atoms with Gasteiger partial charge in [0.2, 0.25) is 0 Å². The first kappa shape index (κ1) is 55.1. The highest BCUT2D eigenvalue weighted by Gasteiger charge is 2.51. The predicted octanol–water partition coefficient (Wildman–Crippen LogP) is 8.61. The highest BCUT2D eigenvalue weighted by molar-refractivity contribution is 7.47. The van der Waals surface area contributed by atoms with Gasteiger partial charge >= 0.3 is 19.8 Å². The van der Waals surface area contributed by atoms with Crippen LogP contribution >= 0.6 is 7.82 Å². The van der Waals surface area contributed by atoms with Gasteiger partial charge in [0.25, 0.3) is 0 Å². The summed E-state index contributed by atoms with van der Waals surface area (Å²) in [5, 5.41) is 50.1. The number of carbonyl (C=O) groups excluding carboxylic acids is 2. The van der Waals surface area contributed by atoms with Crippen LogP contribution in [0.4, 0.5) is 0 Å². The van der Waals surface area contributed by atoms with Crippen molar-refractivity contribution in [2.45, 2.75) is 224 Å². The van der Waals surface area contributed by atoms with Gasteiger partial charge in [0.05, 0.1) is 6.61 Å². The number of aliphatic hydroxyl groups excluding tert-OH is 5. The van der Waals surface area contributed by atoms with Crippen LogP contribution in [0.25, 0.3) is 0 Å². The zero-order valence-corrected chi connectivity index (χ0v) is 37.2. The molecule has 6 atom stereocenters. The van der Waals surface area contributed by atoms with Gasteiger partial charge < -0.3 is 39.9 Å². The molecule has 1 saturated carbocycles. The second-order valence-corrected chi connectivity index (χ2v) is 17.3. The van der Waals surface area contributed by atoms with Crippen LogP contribution in [0.5, 0.6) is 0 Å². The Bertz CT molecular complexity index is 1180. The molecule has 0 saturated heterocycles. The van der Waals surface area contributed by atoms with Crippen molar-refractivity contribution in [2.24, 2.45) is 0 Å². The Labute approximate surface area is 355 Å². The minimum Gasteiger partial charge on any atom is -0.462 e. The monoisotopic (exact) mass is 861 g/mol. The van der Waals surface area contributed by atoms with E-state index in [2.05, 4.69) is 50.3 Å². The molecule has 0 amide bonds. The van der Waals surface area contributed by atoms with Crippen molar-refractivity contribution in [1.82, 2.24) is 0 Å². The van der Waals surface area contributed by atoms with Crippen molar-refractivity contribution >= 4 is 19.8 Å². The maximum Gasteiger partial charge on any atom is 0.472 e. The Hall–Kier alpha value is -1.93. The summed E-state index contributed by atoms with van der Waals surface area (Å²) >= 11 is 0. The van der Waals surface area contributed by atoms with Crippen LogP contribution in [-0.2, 0) is 32.7 Å². The van der Waals surface area contributed by atoms with Gasteiger partial charge in [-0.1, -0.05) is 134 Å². The molecular weight excluding hydrogens is 779 g/mol. The van der Waals surface area contributed by atoms with E-state index in [-0.39, 0.29) is 12.8 Å². The van der Waals surface area contributed by atoms with Crippen LogP contribution in [-0.4, -0.2) is 98.3 Å². The third-order valence-corrected chi connectivity index (χ3v) is 11.4. The number of unbranched alkanes of at least 4 members (excludes halogenated alkanes) is 19. The van der Waals surface area contributed by atoms with Crippen LogP contribution in [0, 0.1) is 0 Å². The lowest BCUT2D eigenvalue weighted by molar-refractivity contribution is -0.220. The van der Waals surface area contributed by atoms with Gasteiger partial charge in [0.1, 0.15) is 43.2 Å². The Morgan fingerprint density at radius 2 is 0.915 bits per heavy atom. The molecule has 59 heavy (non-hydrogen) atoms. The lowest BCUT2D eigenvalue weighted by Gasteiger charge is -2.41. The average molecular weight is 861 g/mol. The molecule has 0 aromatic carbocycles. The van der Waals surface area contributed by atoms with Gasteiger partial charge in [0, 0.05) is 12.8 Å². The van der Waals surface area contributed by atoms with Crippen molar-refractivity contribution in [3.8, 4) is 0 Å². The fourth-order valence-corrected chi connectivity index (χ4v) is 7.70. The van der Waals surface area contributed by atoms with Crippen molar-refractivity contribution in [1.29, 1.82) is 0 Å². The normalized spacial score (nSPS) is 22.6. The molecule has 0 aromatic heterocycles. The lowest BCUT2D eigenvalue weighted by Crippen LogP contribution is -2.64. The van der Waals surface area contributed by atoms with Crippen LogP contribution in [0.15, 0.2) is 36.5 Å². The fraction of sp³-hybridized carbons (Fsp3) is 0.822. The zero-order chi connectivity index (χ0) is 43.6. The number of aliphatic hydroxyl groups is 5. The second-order valence-electron chi connectivity index (χ2n) is 15.9. The number of hydrogen-bond acceptors (Lipinski definition) is 12. The number of phosphoric acid groups is 1. The third-order valence-electron chi connectivity index (χ3n) is 10.5. The highest BCUT2D eigenvalue weighted by Crippen LogP contribution is 2.47. The van der Waals surface area contributed by atoms with Crippen molar-refractivity contribution in [3.05, 3.63) is 36.5 Å². The van der Waals surface area contributed by atoms with E-state index in [1.165, 1.54) is 57.8 Å². The van der Waals surface area contributed by atoms with Gasteiger partial charge in [-0.25, -0.2) is 4.57 Å². The average Bonchev–Trinajstić information content (AvgIpc) is 3.21. The van der Waals surface area contributed by atoms with E-state index in [0.29, 0.717) is 12.8 Å². The molecule has 1 aliphatic rings. The van der Waals surface area contributed by atoms with Gasteiger partial charge in [0.15, 0.2) is 6.10 Å². The van der Waals surface area contributed by atoms with Crippen LogP contribution in [0.2, 0.25) is 0 Å². The Kier molecular flexibility index (Phi) is 33.3. The molecule has 1 aliphatic carbocycles. The zero-order valence-electron chi connectivity index (χ0n) is 36.3. The Morgan fingerprint density at radius 1 is 0.525 bits per heavy atom. The Balaban J connectivity index is 2.49. The smallest absolute Gasteiger partial charge is 0.462 e. The number of hydrogen-bond donors (Lipinski definition) is 6. The summed E-state index contributed by atoms with van der Waals surface area (Å²) in [4.78, 5) is 35.7. The molecule has 13 nitrogen and oxygen atoms in total. The van der Waals surface area contributed by atoms with E-state index in [1.54, 1.807) is 0 Å². The first-order chi connectivity index (χ1) is 28.4. The van der Waals surface area contributed by atoms with E-state index in [9.17, 15) is 44.6 Å². The standard InChI is InChI=1S/C45H81O13P/c1-3-5-7-9-11-13-15-17-19-20-22-24-26-28-30-32-34-39(47)57-37(36-56-59(53,54)58-45-43(51)41(49)40(48)42(50)44(45)52)35-55-38(46)33-31-29-27-25-23-21-18-16-14-12-10-8-6-4-2/h13,15-16,18-20,37,40-45,48-52H,3-12,14,17,21-36H2,1-2H3,(H,53,54)/b15-13-,18-16-,20-19-. The van der Waals surface area contributed by atoms with Gasteiger partial charge in [-0.15, -0.1) is 0 Å². The number of phosphoric ester groups is 1. The molecule has 0 radical (unpaired) electrons. The van der Waals surface area contributed by atoms with Crippen molar-refractivity contribution < 1.29 is 63.1 Å². The van der Waals surface area contributed by atoms with Gasteiger partial charge in [-0.3, -0.25) is 18.6 Å². The molecule has 0 spiro atoms. The molecule has 0 bridgehead atoms. The third kappa shape index (κ3) is 28.3. The van der Waals surface area contributed by atoms with Crippen molar-refractivity contribution in [2.75, 3.05) is 13.2 Å². The molecule has 344 valence electrons. The highest BCUT2D eigenvalue weighted by atomic mass is 31.2. The van der Waals surface area contributed by atoms with Crippen LogP contribution in [0.3, 0.4) is 0 Å². The second kappa shape index (κ2) is 35.6. The first-order valence-corrected chi connectivity index (χ1v) is 24.3. The van der Waals surface area contributed by atoms with E-state index >= 15 is 0 Å². The molecule has 0 aliphatic heterocycles. The predicted molar refractivity (Wildman–Crippen MR) is 230 cm³/mol. The summed E-state index contributed by atoms with van der Waals surface area (Å²) in [6.07, 6.45) is 26.2. The number of allylic oxidation sites excluding steroid dienone is 6. The quantitative estimate of drug-likeness (QED) is 0.0150. The topological polar surface area (TPSA) is 210 Å². The maximum atomic E-state index is 12.8. The summed E-state index contributed by atoms with van der Waals surface area (Å²) < 4.78 is 33.5. The van der Waals surface area contributed by atoms with E-state index < -0.39 is 75.7 Å². The summed E-state index contributed by atoms with van der Waals surface area (Å²) in [5.74, 6) is -1.12. The maximum absolute atomic E-state index is 12.8.